The van der Waals surface area contributed by atoms with Crippen LogP contribution in [0.15, 0.2) is 21.5 Å². The number of nitrogens with zero attached hydrogens (tertiary/aromatic N) is 1. The summed E-state index contributed by atoms with van der Waals surface area (Å²) in [6.07, 6.45) is 0. The molecule has 0 heterocycles. The van der Waals surface area contributed by atoms with Gasteiger partial charge in [-0.3, -0.25) is 4.79 Å². The van der Waals surface area contributed by atoms with E-state index in [2.05, 4.69) is 20.7 Å². The van der Waals surface area contributed by atoms with E-state index in [0.717, 1.165) is 4.31 Å². The quantitative estimate of drug-likeness (QED) is 0.605. The minimum atomic E-state index is -3.84. The molecule has 6 nitrogen and oxygen atoms in total. The van der Waals surface area contributed by atoms with Crippen LogP contribution in [0.1, 0.15) is 6.92 Å². The molecular weight excluding hydrogens is 384 g/mol. The van der Waals surface area contributed by atoms with Crippen LogP contribution in [-0.2, 0) is 19.6 Å². The number of methoxy groups -OCH3 is 1. The molecular formula is C12H16BrClN2O4S. The third-order valence-corrected chi connectivity index (χ3v) is 6.07. The van der Waals surface area contributed by atoms with Crippen LogP contribution < -0.4 is 5.73 Å². The number of nitrogens with two attached hydrogens (primary N) is 1. The molecule has 0 saturated heterocycles. The zero-order valence-electron chi connectivity index (χ0n) is 11.8. The van der Waals surface area contributed by atoms with Gasteiger partial charge in [-0.25, -0.2) is 12.7 Å². The number of anilines is 1. The summed E-state index contributed by atoms with van der Waals surface area (Å²) in [5.74, 6) is -1.08. The first-order valence-electron chi connectivity index (χ1n) is 5.90. The minimum Gasteiger partial charge on any atom is -0.469 e. The molecule has 0 saturated carbocycles. The molecule has 0 aliphatic heterocycles. The number of rotatable bonds is 5. The van der Waals surface area contributed by atoms with Gasteiger partial charge in [0.25, 0.3) is 0 Å². The largest absolute Gasteiger partial charge is 0.469 e. The highest BCUT2D eigenvalue weighted by molar-refractivity contribution is 9.10. The predicted molar refractivity (Wildman–Crippen MR) is 84.6 cm³/mol. The lowest BCUT2D eigenvalue weighted by Crippen LogP contribution is -2.34. The van der Waals surface area contributed by atoms with Crippen LogP contribution >= 0.6 is 27.5 Å². The number of carbonyl (C=O) groups is 1. The number of hydrogen-bond donors (Lipinski definition) is 1. The second kappa shape index (κ2) is 6.95. The van der Waals surface area contributed by atoms with Gasteiger partial charge in [0, 0.05) is 24.3 Å². The van der Waals surface area contributed by atoms with Crippen molar-refractivity contribution in [2.24, 2.45) is 5.92 Å². The van der Waals surface area contributed by atoms with Crippen molar-refractivity contribution >= 4 is 49.2 Å². The number of halogens is 2. The highest BCUT2D eigenvalue weighted by atomic mass is 79.9. The summed E-state index contributed by atoms with van der Waals surface area (Å²) in [4.78, 5) is 11.3. The molecule has 118 valence electrons. The molecule has 0 aromatic heterocycles. The maximum absolute atomic E-state index is 12.5. The Morgan fingerprint density at radius 1 is 1.52 bits per heavy atom. The van der Waals surface area contributed by atoms with E-state index >= 15 is 0 Å². The predicted octanol–water partition coefficient (Wildman–Crippen LogP) is 2.11. The lowest BCUT2D eigenvalue weighted by molar-refractivity contribution is -0.144. The van der Waals surface area contributed by atoms with Crippen LogP contribution in [0.4, 0.5) is 5.69 Å². The number of sulfonamides is 1. The van der Waals surface area contributed by atoms with Gasteiger partial charge in [0.1, 0.15) is 0 Å². The molecule has 9 heteroatoms. The Kier molecular flexibility index (Phi) is 6.03. The van der Waals surface area contributed by atoms with E-state index in [4.69, 9.17) is 17.3 Å². The summed E-state index contributed by atoms with van der Waals surface area (Å²) >= 11 is 9.00. The van der Waals surface area contributed by atoms with Crippen molar-refractivity contribution in [2.75, 3.05) is 26.4 Å². The Morgan fingerprint density at radius 2 is 2.10 bits per heavy atom. The molecule has 2 N–H and O–H groups in total. The molecule has 1 rings (SSSR count). The molecule has 0 amide bonds. The van der Waals surface area contributed by atoms with Crippen molar-refractivity contribution in [3.8, 4) is 0 Å². The Morgan fingerprint density at radius 3 is 2.62 bits per heavy atom. The average Bonchev–Trinajstić information content (AvgIpc) is 2.41. The number of nitrogen functional groups attached to an aromatic ring is 1. The maximum atomic E-state index is 12.5. The van der Waals surface area contributed by atoms with Gasteiger partial charge < -0.3 is 10.5 Å². The minimum absolute atomic E-state index is 0.0200. The van der Waals surface area contributed by atoms with Gasteiger partial charge in [-0.15, -0.1) is 0 Å². The van der Waals surface area contributed by atoms with Crippen LogP contribution in [0.2, 0.25) is 5.02 Å². The number of benzene rings is 1. The number of hydrogen-bond acceptors (Lipinski definition) is 5. The smallest absolute Gasteiger partial charge is 0.309 e. The zero-order chi connectivity index (χ0) is 16.4. The Bertz CT molecular complexity index is 651. The van der Waals surface area contributed by atoms with Crippen molar-refractivity contribution < 1.29 is 17.9 Å². The molecule has 0 radical (unpaired) electrons. The van der Waals surface area contributed by atoms with E-state index in [9.17, 15) is 13.2 Å². The Labute approximate surface area is 137 Å². The van der Waals surface area contributed by atoms with Crippen molar-refractivity contribution in [1.29, 1.82) is 0 Å². The zero-order valence-corrected chi connectivity index (χ0v) is 14.9. The summed E-state index contributed by atoms with van der Waals surface area (Å²) in [5.41, 5.74) is 5.92. The summed E-state index contributed by atoms with van der Waals surface area (Å²) in [6, 6.07) is 2.75. The first-order valence-corrected chi connectivity index (χ1v) is 8.51. The van der Waals surface area contributed by atoms with Gasteiger partial charge in [0.05, 0.1) is 22.4 Å². The molecule has 21 heavy (non-hydrogen) atoms. The fourth-order valence-corrected chi connectivity index (χ4v) is 4.21. The molecule has 1 atom stereocenters. The van der Waals surface area contributed by atoms with Gasteiger partial charge >= 0.3 is 5.97 Å². The van der Waals surface area contributed by atoms with Gasteiger partial charge in [0.15, 0.2) is 0 Å². The standard InChI is InChI=1S/C12H16BrClN2O4S/c1-7(12(17)20-3)6-16(2)21(18,19)10-5-8(14)4-9(15)11(10)13/h4-5,7H,6,15H2,1-3H3. The van der Waals surface area contributed by atoms with Crippen molar-refractivity contribution in [1.82, 2.24) is 4.31 Å². The van der Waals surface area contributed by atoms with Gasteiger partial charge in [-0.05, 0) is 28.1 Å². The Balaban J connectivity index is 3.14. The van der Waals surface area contributed by atoms with Gasteiger partial charge in [-0.1, -0.05) is 18.5 Å². The van der Waals surface area contributed by atoms with E-state index in [1.54, 1.807) is 6.92 Å². The molecule has 1 aromatic carbocycles. The van der Waals surface area contributed by atoms with Gasteiger partial charge in [0.2, 0.25) is 10.0 Å². The second-order valence-corrected chi connectivity index (χ2v) is 7.76. The molecule has 1 aromatic rings. The lowest BCUT2D eigenvalue weighted by Gasteiger charge is -2.21. The van der Waals surface area contributed by atoms with Crippen LogP contribution in [-0.4, -0.2) is 39.4 Å². The third-order valence-electron chi connectivity index (χ3n) is 2.85. The fraction of sp³-hybridized carbons (Fsp3) is 0.417. The first-order chi connectivity index (χ1) is 9.61. The van der Waals surface area contributed by atoms with E-state index in [1.807, 2.05) is 0 Å². The molecule has 0 spiro atoms. The summed E-state index contributed by atoms with van der Waals surface area (Å²) in [5, 5.41) is 0.212. The summed E-state index contributed by atoms with van der Waals surface area (Å²) < 4.78 is 30.9. The Hall–Kier alpha value is -0.830. The maximum Gasteiger partial charge on any atom is 0.309 e. The second-order valence-electron chi connectivity index (χ2n) is 4.52. The van der Waals surface area contributed by atoms with E-state index < -0.39 is 21.9 Å². The van der Waals surface area contributed by atoms with Crippen molar-refractivity contribution in [2.45, 2.75) is 11.8 Å². The summed E-state index contributed by atoms with van der Waals surface area (Å²) in [7, 11) is -1.21. The topological polar surface area (TPSA) is 89.7 Å². The number of esters is 1. The van der Waals surface area contributed by atoms with Gasteiger partial charge in [-0.2, -0.15) is 0 Å². The van der Waals surface area contributed by atoms with E-state index in [1.165, 1.54) is 26.3 Å². The molecule has 0 fully saturated rings. The van der Waals surface area contributed by atoms with E-state index in [0.29, 0.717) is 0 Å². The molecule has 0 aliphatic carbocycles. The van der Waals surface area contributed by atoms with Crippen LogP contribution in [0, 0.1) is 5.92 Å². The van der Waals surface area contributed by atoms with Crippen molar-refractivity contribution in [3.63, 3.8) is 0 Å². The van der Waals surface area contributed by atoms with Crippen LogP contribution in [0.5, 0.6) is 0 Å². The number of ether oxygens (including phenoxy) is 1. The highest BCUT2D eigenvalue weighted by Crippen LogP contribution is 2.33. The van der Waals surface area contributed by atoms with Crippen LogP contribution in [0.25, 0.3) is 0 Å². The first kappa shape index (κ1) is 18.2. The SMILES string of the molecule is COC(=O)C(C)CN(C)S(=O)(=O)c1cc(Cl)cc(N)c1Br. The highest BCUT2D eigenvalue weighted by Gasteiger charge is 2.28. The van der Waals surface area contributed by atoms with Crippen molar-refractivity contribution in [3.05, 3.63) is 21.6 Å². The number of carbonyl (C=O) groups excluding carboxylic acids is 1. The lowest BCUT2D eigenvalue weighted by atomic mass is 10.2. The fourth-order valence-electron chi connectivity index (χ4n) is 1.70. The van der Waals surface area contributed by atoms with E-state index in [-0.39, 0.29) is 26.6 Å². The molecule has 1 unspecified atom stereocenters. The third kappa shape index (κ3) is 4.09. The normalized spacial score (nSPS) is 13.2. The summed E-state index contributed by atoms with van der Waals surface area (Å²) in [6.45, 7) is 1.56. The average molecular weight is 400 g/mol. The van der Waals surface area contributed by atoms with Crippen LogP contribution in [0.3, 0.4) is 0 Å². The monoisotopic (exact) mass is 398 g/mol. The molecule has 0 bridgehead atoms. The molecule has 0 aliphatic rings.